The molecule has 4 heteroatoms. The number of benzene rings is 1. The van der Waals surface area contributed by atoms with Gasteiger partial charge < -0.3 is 9.88 Å². The Labute approximate surface area is 128 Å². The van der Waals surface area contributed by atoms with E-state index in [0.717, 1.165) is 35.4 Å². The molecule has 4 rings (SSSR count). The van der Waals surface area contributed by atoms with Crippen LogP contribution in [0.5, 0.6) is 0 Å². The van der Waals surface area contributed by atoms with Crippen LogP contribution >= 0.6 is 0 Å². The molecule has 1 saturated heterocycles. The van der Waals surface area contributed by atoms with Crippen molar-refractivity contribution in [2.24, 2.45) is 0 Å². The van der Waals surface area contributed by atoms with Crippen molar-refractivity contribution in [1.82, 2.24) is 9.97 Å². The van der Waals surface area contributed by atoms with Crippen molar-refractivity contribution in [3.8, 4) is 11.4 Å². The third-order valence-corrected chi connectivity index (χ3v) is 4.33. The summed E-state index contributed by atoms with van der Waals surface area (Å²) in [6.45, 7) is 1.99. The summed E-state index contributed by atoms with van der Waals surface area (Å²) in [5.74, 6) is -0.269. The Morgan fingerprint density at radius 1 is 1.05 bits per heavy atom. The fourth-order valence-corrected chi connectivity index (χ4v) is 3.15. The predicted octanol–water partition coefficient (Wildman–Crippen LogP) is 4.36. The number of rotatable bonds is 2. The van der Waals surface area contributed by atoms with Crippen molar-refractivity contribution in [3.05, 3.63) is 48.4 Å². The van der Waals surface area contributed by atoms with Crippen LogP contribution in [-0.2, 0) is 0 Å². The Morgan fingerprint density at radius 2 is 1.86 bits per heavy atom. The molecule has 0 saturated carbocycles. The number of nitrogens with zero attached hydrogens (tertiary/aromatic N) is 2. The maximum atomic E-state index is 14.5. The number of nitrogens with one attached hydrogen (secondary N) is 1. The SMILES string of the molecule is Fc1cc(N2CCCCC2)cnc1-c1cc2ccccc2[nH]1. The second-order valence-corrected chi connectivity index (χ2v) is 5.84. The molecular weight excluding hydrogens is 277 g/mol. The second-order valence-electron chi connectivity index (χ2n) is 5.84. The predicted molar refractivity (Wildman–Crippen MR) is 87.6 cm³/mol. The number of aromatic amines is 1. The van der Waals surface area contributed by atoms with Crippen LogP contribution in [0.15, 0.2) is 42.6 Å². The average Bonchev–Trinajstić information content (AvgIpc) is 2.99. The highest BCUT2D eigenvalue weighted by molar-refractivity contribution is 5.85. The quantitative estimate of drug-likeness (QED) is 0.761. The molecule has 0 unspecified atom stereocenters. The van der Waals surface area contributed by atoms with Gasteiger partial charge in [0.05, 0.1) is 17.6 Å². The molecule has 1 aromatic carbocycles. The Balaban J connectivity index is 1.70. The zero-order valence-electron chi connectivity index (χ0n) is 12.3. The van der Waals surface area contributed by atoms with E-state index in [-0.39, 0.29) is 5.82 Å². The van der Waals surface area contributed by atoms with Gasteiger partial charge in [-0.2, -0.15) is 0 Å². The van der Waals surface area contributed by atoms with Crippen LogP contribution in [-0.4, -0.2) is 23.1 Å². The number of para-hydroxylation sites is 1. The first kappa shape index (κ1) is 13.3. The van der Waals surface area contributed by atoms with Gasteiger partial charge in [0.25, 0.3) is 0 Å². The van der Waals surface area contributed by atoms with Gasteiger partial charge in [0.2, 0.25) is 0 Å². The lowest BCUT2D eigenvalue weighted by Crippen LogP contribution is -2.29. The minimum absolute atomic E-state index is 0.269. The lowest BCUT2D eigenvalue weighted by atomic mass is 10.1. The molecule has 3 aromatic rings. The van der Waals surface area contributed by atoms with Gasteiger partial charge >= 0.3 is 0 Å². The van der Waals surface area contributed by atoms with Gasteiger partial charge in [0, 0.05) is 30.1 Å². The van der Waals surface area contributed by atoms with Crippen LogP contribution in [0.4, 0.5) is 10.1 Å². The highest BCUT2D eigenvalue weighted by Gasteiger charge is 2.15. The molecule has 0 radical (unpaired) electrons. The maximum Gasteiger partial charge on any atom is 0.153 e. The first-order valence-corrected chi connectivity index (χ1v) is 7.80. The van der Waals surface area contributed by atoms with Gasteiger partial charge in [0.1, 0.15) is 5.69 Å². The van der Waals surface area contributed by atoms with E-state index in [2.05, 4.69) is 14.9 Å². The van der Waals surface area contributed by atoms with Crippen LogP contribution in [0, 0.1) is 5.82 Å². The molecule has 22 heavy (non-hydrogen) atoms. The Bertz CT molecular complexity index is 770. The summed E-state index contributed by atoms with van der Waals surface area (Å²) in [5.41, 5.74) is 3.00. The van der Waals surface area contributed by atoms with Crippen LogP contribution in [0.3, 0.4) is 0 Å². The zero-order chi connectivity index (χ0) is 14.9. The van der Waals surface area contributed by atoms with Crippen molar-refractivity contribution >= 4 is 16.6 Å². The number of H-pyrrole nitrogens is 1. The standard InChI is InChI=1S/C18H18FN3/c19-15-11-14(22-8-4-1-5-9-22)12-20-18(15)17-10-13-6-2-3-7-16(13)21-17/h2-3,6-7,10-12,21H,1,4-5,8-9H2. The molecule has 1 aliphatic heterocycles. The van der Waals surface area contributed by atoms with E-state index >= 15 is 0 Å². The number of pyridine rings is 1. The molecule has 0 atom stereocenters. The summed E-state index contributed by atoms with van der Waals surface area (Å²) < 4.78 is 14.5. The average molecular weight is 295 g/mol. The summed E-state index contributed by atoms with van der Waals surface area (Å²) in [6, 6.07) is 11.5. The number of hydrogen-bond donors (Lipinski definition) is 1. The topological polar surface area (TPSA) is 31.9 Å². The normalized spacial score (nSPS) is 15.4. The Kier molecular flexibility index (Phi) is 3.29. The minimum Gasteiger partial charge on any atom is -0.370 e. The van der Waals surface area contributed by atoms with E-state index in [9.17, 15) is 4.39 Å². The van der Waals surface area contributed by atoms with Gasteiger partial charge in [-0.1, -0.05) is 18.2 Å². The molecule has 1 fully saturated rings. The molecule has 1 N–H and O–H groups in total. The minimum atomic E-state index is -0.269. The molecule has 0 spiro atoms. The van der Waals surface area contributed by atoms with Crippen LogP contribution < -0.4 is 4.90 Å². The lowest BCUT2D eigenvalue weighted by Gasteiger charge is -2.28. The largest absolute Gasteiger partial charge is 0.370 e. The van der Waals surface area contributed by atoms with Crippen molar-refractivity contribution < 1.29 is 4.39 Å². The first-order chi connectivity index (χ1) is 10.8. The number of halogens is 1. The zero-order valence-corrected chi connectivity index (χ0v) is 12.3. The second kappa shape index (κ2) is 5.44. The first-order valence-electron chi connectivity index (χ1n) is 7.80. The van der Waals surface area contributed by atoms with E-state index in [1.54, 1.807) is 12.3 Å². The molecule has 2 aromatic heterocycles. The molecule has 3 heterocycles. The third kappa shape index (κ3) is 2.34. The van der Waals surface area contributed by atoms with Crippen molar-refractivity contribution in [1.29, 1.82) is 0 Å². The molecule has 0 aliphatic carbocycles. The third-order valence-electron chi connectivity index (χ3n) is 4.33. The number of hydrogen-bond acceptors (Lipinski definition) is 2. The van der Waals surface area contributed by atoms with Crippen LogP contribution in [0.1, 0.15) is 19.3 Å². The van der Waals surface area contributed by atoms with Crippen molar-refractivity contribution in [2.45, 2.75) is 19.3 Å². The molecule has 1 aliphatic rings. The fourth-order valence-electron chi connectivity index (χ4n) is 3.15. The van der Waals surface area contributed by atoms with Crippen LogP contribution in [0.25, 0.3) is 22.3 Å². The summed E-state index contributed by atoms with van der Waals surface area (Å²) in [6.07, 6.45) is 5.39. The van der Waals surface area contributed by atoms with Crippen LogP contribution in [0.2, 0.25) is 0 Å². The van der Waals surface area contributed by atoms with E-state index < -0.39 is 0 Å². The molecule has 3 nitrogen and oxygen atoms in total. The summed E-state index contributed by atoms with van der Waals surface area (Å²) >= 11 is 0. The van der Waals surface area contributed by atoms with Gasteiger partial charge in [-0.3, -0.25) is 0 Å². The number of fused-ring (bicyclic) bond motifs is 1. The van der Waals surface area contributed by atoms with E-state index in [1.807, 2.05) is 30.3 Å². The van der Waals surface area contributed by atoms with Gasteiger partial charge in [0.15, 0.2) is 5.82 Å². The van der Waals surface area contributed by atoms with E-state index in [4.69, 9.17) is 0 Å². The van der Waals surface area contributed by atoms with E-state index in [0.29, 0.717) is 5.69 Å². The molecular formula is C18H18FN3. The Hall–Kier alpha value is -2.36. The van der Waals surface area contributed by atoms with Gasteiger partial charge in [-0.15, -0.1) is 0 Å². The number of piperidine rings is 1. The monoisotopic (exact) mass is 295 g/mol. The number of aromatic nitrogens is 2. The summed E-state index contributed by atoms with van der Waals surface area (Å²) in [7, 11) is 0. The smallest absolute Gasteiger partial charge is 0.153 e. The molecule has 112 valence electrons. The molecule has 0 bridgehead atoms. The van der Waals surface area contributed by atoms with Crippen molar-refractivity contribution in [3.63, 3.8) is 0 Å². The Morgan fingerprint density at radius 3 is 2.64 bits per heavy atom. The van der Waals surface area contributed by atoms with Gasteiger partial charge in [-0.25, -0.2) is 9.37 Å². The summed E-state index contributed by atoms with van der Waals surface area (Å²) in [5, 5.41) is 1.07. The molecule has 0 amide bonds. The maximum absolute atomic E-state index is 14.5. The summed E-state index contributed by atoms with van der Waals surface area (Å²) in [4.78, 5) is 9.82. The highest BCUT2D eigenvalue weighted by atomic mass is 19.1. The lowest BCUT2D eigenvalue weighted by molar-refractivity contribution is 0.573. The van der Waals surface area contributed by atoms with E-state index in [1.165, 1.54) is 19.3 Å². The van der Waals surface area contributed by atoms with Gasteiger partial charge in [-0.05, 0) is 31.4 Å². The highest BCUT2D eigenvalue weighted by Crippen LogP contribution is 2.27. The number of anilines is 1. The fraction of sp³-hybridized carbons (Fsp3) is 0.278. The van der Waals surface area contributed by atoms with Crippen molar-refractivity contribution in [2.75, 3.05) is 18.0 Å².